The number of aryl methyl sites for hydroxylation is 1. The first-order valence-corrected chi connectivity index (χ1v) is 9.78. The number of benzene rings is 1. The van der Waals surface area contributed by atoms with Gasteiger partial charge in [0.2, 0.25) is 0 Å². The summed E-state index contributed by atoms with van der Waals surface area (Å²) in [6.07, 6.45) is 3.40. The SMILES string of the molecule is CCc1nncn1CCNC(=NC)NCCCNC(=O)c1ccc(Br)cc1.I. The van der Waals surface area contributed by atoms with Crippen LogP contribution in [0.5, 0.6) is 0 Å². The largest absolute Gasteiger partial charge is 0.356 e. The van der Waals surface area contributed by atoms with Gasteiger partial charge in [-0.25, -0.2) is 0 Å². The van der Waals surface area contributed by atoms with Gasteiger partial charge in [-0.05, 0) is 30.7 Å². The summed E-state index contributed by atoms with van der Waals surface area (Å²) in [5.74, 6) is 1.65. The number of rotatable bonds is 9. The lowest BCUT2D eigenvalue weighted by molar-refractivity contribution is 0.0953. The number of carbonyl (C=O) groups excluding carboxylic acids is 1. The fourth-order valence-corrected chi connectivity index (χ4v) is 2.72. The van der Waals surface area contributed by atoms with Gasteiger partial charge >= 0.3 is 0 Å². The smallest absolute Gasteiger partial charge is 0.251 e. The Bertz CT molecular complexity index is 749. The Labute approximate surface area is 191 Å². The van der Waals surface area contributed by atoms with E-state index in [1.165, 1.54) is 0 Å². The Morgan fingerprint density at radius 3 is 2.50 bits per heavy atom. The van der Waals surface area contributed by atoms with Crippen LogP contribution in [0, 0.1) is 0 Å². The van der Waals surface area contributed by atoms with E-state index in [4.69, 9.17) is 0 Å². The van der Waals surface area contributed by atoms with Crippen LogP contribution in [0.1, 0.15) is 29.5 Å². The molecule has 154 valence electrons. The molecule has 0 aliphatic carbocycles. The fraction of sp³-hybridized carbons (Fsp3) is 0.444. The Kier molecular flexibility index (Phi) is 11.7. The van der Waals surface area contributed by atoms with Crippen LogP contribution in [0.2, 0.25) is 0 Å². The number of amides is 1. The van der Waals surface area contributed by atoms with Gasteiger partial charge in [-0.2, -0.15) is 0 Å². The zero-order valence-corrected chi connectivity index (χ0v) is 20.0. The van der Waals surface area contributed by atoms with Crippen molar-refractivity contribution in [1.82, 2.24) is 30.7 Å². The minimum Gasteiger partial charge on any atom is -0.356 e. The molecule has 0 unspecified atom stereocenters. The number of nitrogens with one attached hydrogen (secondary N) is 3. The third-order valence-electron chi connectivity index (χ3n) is 3.92. The zero-order valence-electron chi connectivity index (χ0n) is 16.1. The highest BCUT2D eigenvalue weighted by molar-refractivity contribution is 14.0. The van der Waals surface area contributed by atoms with Crippen LogP contribution in [-0.2, 0) is 13.0 Å². The highest BCUT2D eigenvalue weighted by Crippen LogP contribution is 2.10. The summed E-state index contributed by atoms with van der Waals surface area (Å²) in [7, 11) is 1.74. The van der Waals surface area contributed by atoms with Gasteiger partial charge in [0.1, 0.15) is 12.2 Å². The van der Waals surface area contributed by atoms with Gasteiger partial charge in [-0.3, -0.25) is 9.79 Å². The summed E-state index contributed by atoms with van der Waals surface area (Å²) < 4.78 is 2.98. The third kappa shape index (κ3) is 8.13. The third-order valence-corrected chi connectivity index (χ3v) is 4.45. The molecule has 1 heterocycles. The van der Waals surface area contributed by atoms with E-state index in [0.29, 0.717) is 18.7 Å². The first-order chi connectivity index (χ1) is 13.1. The molecule has 1 aromatic carbocycles. The molecule has 28 heavy (non-hydrogen) atoms. The fourth-order valence-electron chi connectivity index (χ4n) is 2.46. The van der Waals surface area contributed by atoms with E-state index in [1.54, 1.807) is 25.5 Å². The van der Waals surface area contributed by atoms with Crippen LogP contribution in [0.25, 0.3) is 0 Å². The van der Waals surface area contributed by atoms with Gasteiger partial charge in [0, 0.05) is 49.7 Å². The maximum Gasteiger partial charge on any atom is 0.251 e. The maximum atomic E-state index is 12.0. The van der Waals surface area contributed by atoms with Crippen LogP contribution in [-0.4, -0.2) is 53.3 Å². The molecule has 0 atom stereocenters. The second-order valence-corrected chi connectivity index (χ2v) is 6.75. The van der Waals surface area contributed by atoms with Crippen molar-refractivity contribution in [2.45, 2.75) is 26.3 Å². The minimum atomic E-state index is -0.0642. The number of aliphatic imine (C=N–C) groups is 1. The molecule has 8 nitrogen and oxygen atoms in total. The standard InChI is InChI=1S/C18H26BrN7O.HI/c1-3-16-25-24-13-26(16)12-11-23-18(20-2)22-10-4-9-21-17(27)14-5-7-15(19)8-6-14;/h5-8,13H,3-4,9-12H2,1-2H3,(H,21,27)(H2,20,22,23);1H. The monoisotopic (exact) mass is 563 g/mol. The summed E-state index contributed by atoms with van der Waals surface area (Å²) in [6.45, 7) is 4.88. The van der Waals surface area contributed by atoms with Gasteiger partial charge in [0.15, 0.2) is 5.96 Å². The van der Waals surface area contributed by atoms with Crippen LogP contribution >= 0.6 is 39.9 Å². The van der Waals surface area contributed by atoms with Crippen molar-refractivity contribution in [2.24, 2.45) is 4.99 Å². The molecular formula is C18H27BrIN7O. The molecule has 3 N–H and O–H groups in total. The molecule has 1 amide bonds. The maximum absolute atomic E-state index is 12.0. The lowest BCUT2D eigenvalue weighted by Gasteiger charge is -2.13. The quantitative estimate of drug-likeness (QED) is 0.188. The van der Waals surface area contributed by atoms with Gasteiger partial charge in [0.25, 0.3) is 5.91 Å². The van der Waals surface area contributed by atoms with E-state index in [0.717, 1.165) is 42.2 Å². The second kappa shape index (κ2) is 13.5. The molecular weight excluding hydrogens is 537 g/mol. The molecule has 2 aromatic rings. The minimum absolute atomic E-state index is 0. The summed E-state index contributed by atoms with van der Waals surface area (Å²) in [6, 6.07) is 7.30. The Morgan fingerprint density at radius 2 is 1.82 bits per heavy atom. The number of hydrogen-bond acceptors (Lipinski definition) is 4. The van der Waals surface area contributed by atoms with Crippen molar-refractivity contribution < 1.29 is 4.79 Å². The number of guanidine groups is 1. The Morgan fingerprint density at radius 1 is 1.14 bits per heavy atom. The molecule has 10 heteroatoms. The Hall–Kier alpha value is -1.69. The summed E-state index contributed by atoms with van der Waals surface area (Å²) >= 11 is 3.36. The Balaban J connectivity index is 0.00000392. The van der Waals surface area contributed by atoms with Crippen LogP contribution in [0.15, 0.2) is 40.1 Å². The molecule has 1 aromatic heterocycles. The molecule has 0 aliphatic rings. The molecule has 0 saturated heterocycles. The number of carbonyl (C=O) groups is 1. The predicted molar refractivity (Wildman–Crippen MR) is 125 cm³/mol. The van der Waals surface area contributed by atoms with Gasteiger partial charge in [-0.1, -0.05) is 22.9 Å². The normalized spacial score (nSPS) is 10.9. The molecule has 0 spiro atoms. The second-order valence-electron chi connectivity index (χ2n) is 5.84. The van der Waals surface area contributed by atoms with Gasteiger partial charge in [0.05, 0.1) is 0 Å². The van der Waals surface area contributed by atoms with E-state index in [-0.39, 0.29) is 29.9 Å². The van der Waals surface area contributed by atoms with E-state index >= 15 is 0 Å². The van der Waals surface area contributed by atoms with Crippen molar-refractivity contribution in [1.29, 1.82) is 0 Å². The van der Waals surface area contributed by atoms with Crippen molar-refractivity contribution >= 4 is 51.8 Å². The molecule has 0 fully saturated rings. The van der Waals surface area contributed by atoms with Gasteiger partial charge in [-0.15, -0.1) is 34.2 Å². The summed E-state index contributed by atoms with van der Waals surface area (Å²) in [5, 5.41) is 17.4. The van der Waals surface area contributed by atoms with Gasteiger partial charge < -0.3 is 20.5 Å². The van der Waals surface area contributed by atoms with Crippen LogP contribution in [0.3, 0.4) is 0 Å². The molecule has 2 rings (SSSR count). The average Bonchev–Trinajstić information content (AvgIpc) is 3.14. The highest BCUT2D eigenvalue weighted by atomic mass is 127. The molecule has 0 bridgehead atoms. The molecule has 0 saturated carbocycles. The van der Waals surface area contributed by atoms with Crippen LogP contribution < -0.4 is 16.0 Å². The van der Waals surface area contributed by atoms with Crippen molar-refractivity contribution in [3.8, 4) is 0 Å². The summed E-state index contributed by atoms with van der Waals surface area (Å²) in [4.78, 5) is 16.2. The predicted octanol–water partition coefficient (Wildman–Crippen LogP) is 2.21. The van der Waals surface area contributed by atoms with Crippen molar-refractivity contribution in [3.63, 3.8) is 0 Å². The lowest BCUT2D eigenvalue weighted by atomic mass is 10.2. The first-order valence-electron chi connectivity index (χ1n) is 8.99. The number of halogens is 2. The molecule has 0 radical (unpaired) electrons. The summed E-state index contributed by atoms with van der Waals surface area (Å²) in [5.41, 5.74) is 0.657. The van der Waals surface area contributed by atoms with Crippen LogP contribution in [0.4, 0.5) is 0 Å². The van der Waals surface area contributed by atoms with E-state index in [2.05, 4.69) is 54.0 Å². The zero-order chi connectivity index (χ0) is 19.5. The van der Waals surface area contributed by atoms with E-state index in [9.17, 15) is 4.79 Å². The number of hydrogen-bond donors (Lipinski definition) is 3. The average molecular weight is 564 g/mol. The van der Waals surface area contributed by atoms with E-state index in [1.807, 2.05) is 16.7 Å². The van der Waals surface area contributed by atoms with E-state index < -0.39 is 0 Å². The van der Waals surface area contributed by atoms with Crippen molar-refractivity contribution in [2.75, 3.05) is 26.7 Å². The first kappa shape index (κ1) is 24.3. The van der Waals surface area contributed by atoms with Crippen molar-refractivity contribution in [3.05, 3.63) is 46.5 Å². The number of aromatic nitrogens is 3. The topological polar surface area (TPSA) is 96.2 Å². The lowest BCUT2D eigenvalue weighted by Crippen LogP contribution is -2.40. The number of nitrogens with zero attached hydrogens (tertiary/aromatic N) is 4. The highest BCUT2D eigenvalue weighted by Gasteiger charge is 2.05. The molecule has 0 aliphatic heterocycles.